The SMILES string of the molecule is O=C(CN1CC2CCC(O)C2C1)Nc1ccccc1Br. The van der Waals surface area contributed by atoms with Gasteiger partial charge >= 0.3 is 0 Å². The Morgan fingerprint density at radius 2 is 2.15 bits per heavy atom. The summed E-state index contributed by atoms with van der Waals surface area (Å²) in [6.07, 6.45) is 1.84. The Morgan fingerprint density at radius 3 is 2.90 bits per heavy atom. The van der Waals surface area contributed by atoms with Crippen LogP contribution in [0.25, 0.3) is 0 Å². The Labute approximate surface area is 127 Å². The summed E-state index contributed by atoms with van der Waals surface area (Å²) in [7, 11) is 0. The van der Waals surface area contributed by atoms with Gasteiger partial charge in [0.1, 0.15) is 0 Å². The van der Waals surface area contributed by atoms with Crippen molar-refractivity contribution < 1.29 is 9.90 Å². The van der Waals surface area contributed by atoms with Crippen molar-refractivity contribution in [3.05, 3.63) is 28.7 Å². The molecule has 2 N–H and O–H groups in total. The van der Waals surface area contributed by atoms with Crippen LogP contribution in [0.15, 0.2) is 28.7 Å². The van der Waals surface area contributed by atoms with Crippen molar-refractivity contribution in [2.75, 3.05) is 25.0 Å². The molecule has 1 amide bonds. The summed E-state index contributed by atoms with van der Waals surface area (Å²) in [5, 5.41) is 12.8. The van der Waals surface area contributed by atoms with E-state index in [1.807, 2.05) is 24.3 Å². The predicted molar refractivity (Wildman–Crippen MR) is 81.4 cm³/mol. The average molecular weight is 339 g/mol. The van der Waals surface area contributed by atoms with Crippen LogP contribution in [-0.2, 0) is 4.79 Å². The van der Waals surface area contributed by atoms with Gasteiger partial charge in [-0.2, -0.15) is 0 Å². The zero-order valence-electron chi connectivity index (χ0n) is 11.3. The number of rotatable bonds is 3. The van der Waals surface area contributed by atoms with Crippen LogP contribution in [0.2, 0.25) is 0 Å². The largest absolute Gasteiger partial charge is 0.393 e. The molecule has 2 aliphatic rings. The molecule has 0 aromatic heterocycles. The minimum atomic E-state index is -0.170. The quantitative estimate of drug-likeness (QED) is 0.887. The van der Waals surface area contributed by atoms with Crippen molar-refractivity contribution in [3.63, 3.8) is 0 Å². The molecule has 3 unspecified atom stereocenters. The molecule has 108 valence electrons. The molecule has 1 aliphatic heterocycles. The third-order valence-corrected chi connectivity index (χ3v) is 5.10. The average Bonchev–Trinajstić information content (AvgIpc) is 2.95. The minimum absolute atomic E-state index is 0.00589. The molecule has 0 bridgehead atoms. The van der Waals surface area contributed by atoms with E-state index in [-0.39, 0.29) is 12.0 Å². The Bertz CT molecular complexity index is 508. The number of carbonyl (C=O) groups excluding carboxylic acids is 1. The van der Waals surface area contributed by atoms with Crippen LogP contribution < -0.4 is 5.32 Å². The van der Waals surface area contributed by atoms with Gasteiger partial charge in [-0.15, -0.1) is 0 Å². The van der Waals surface area contributed by atoms with Crippen molar-refractivity contribution in [1.29, 1.82) is 0 Å². The van der Waals surface area contributed by atoms with Crippen LogP contribution in [0, 0.1) is 11.8 Å². The number of carbonyl (C=O) groups is 1. The fourth-order valence-electron chi connectivity index (χ4n) is 3.41. The van der Waals surface area contributed by atoms with Gasteiger partial charge in [-0.25, -0.2) is 0 Å². The standard InChI is InChI=1S/C15H19BrN2O2/c16-12-3-1-2-4-13(12)17-15(20)9-18-7-10-5-6-14(19)11(10)8-18/h1-4,10-11,14,19H,5-9H2,(H,17,20). The predicted octanol–water partition coefficient (Wildman–Crippen LogP) is 2.09. The monoisotopic (exact) mass is 338 g/mol. The molecule has 5 heteroatoms. The van der Waals surface area contributed by atoms with Gasteiger partial charge in [-0.1, -0.05) is 12.1 Å². The van der Waals surface area contributed by atoms with E-state index in [0.29, 0.717) is 18.4 Å². The Kier molecular flexibility index (Phi) is 4.10. The summed E-state index contributed by atoms with van der Waals surface area (Å²) >= 11 is 3.42. The number of hydrogen-bond donors (Lipinski definition) is 2. The second kappa shape index (κ2) is 5.84. The Morgan fingerprint density at radius 1 is 1.35 bits per heavy atom. The van der Waals surface area contributed by atoms with Gasteiger partial charge in [0.2, 0.25) is 5.91 Å². The summed E-state index contributed by atoms with van der Waals surface area (Å²) in [6, 6.07) is 7.61. The first-order chi connectivity index (χ1) is 9.63. The highest BCUT2D eigenvalue weighted by Crippen LogP contribution is 2.37. The van der Waals surface area contributed by atoms with E-state index in [9.17, 15) is 9.90 Å². The lowest BCUT2D eigenvalue weighted by Gasteiger charge is -2.17. The van der Waals surface area contributed by atoms with Gasteiger partial charge in [-0.05, 0) is 46.8 Å². The van der Waals surface area contributed by atoms with E-state index in [1.165, 1.54) is 0 Å². The highest BCUT2D eigenvalue weighted by molar-refractivity contribution is 9.10. The van der Waals surface area contributed by atoms with E-state index in [1.54, 1.807) is 0 Å². The maximum atomic E-state index is 12.1. The number of aliphatic hydroxyl groups is 1. The molecule has 1 aromatic carbocycles. The van der Waals surface area contributed by atoms with Crippen LogP contribution >= 0.6 is 15.9 Å². The molecule has 1 heterocycles. The summed E-state index contributed by atoms with van der Waals surface area (Å²) in [5.41, 5.74) is 0.803. The normalized spacial score (nSPS) is 29.4. The zero-order valence-corrected chi connectivity index (χ0v) is 12.8. The number of hydrogen-bond acceptors (Lipinski definition) is 3. The number of fused-ring (bicyclic) bond motifs is 1. The summed E-state index contributed by atoms with van der Waals surface area (Å²) in [5.74, 6) is 0.943. The summed E-state index contributed by atoms with van der Waals surface area (Å²) in [6.45, 7) is 2.18. The first-order valence-electron chi connectivity index (χ1n) is 7.08. The number of anilines is 1. The van der Waals surface area contributed by atoms with E-state index in [0.717, 1.165) is 36.1 Å². The highest BCUT2D eigenvalue weighted by atomic mass is 79.9. The Balaban J connectivity index is 1.54. The fourth-order valence-corrected chi connectivity index (χ4v) is 3.80. The van der Waals surface area contributed by atoms with Crippen LogP contribution in [0.5, 0.6) is 0 Å². The first-order valence-corrected chi connectivity index (χ1v) is 7.87. The fraction of sp³-hybridized carbons (Fsp3) is 0.533. The number of amides is 1. The number of nitrogens with one attached hydrogen (secondary N) is 1. The van der Waals surface area contributed by atoms with Crippen LogP contribution in [0.3, 0.4) is 0 Å². The van der Waals surface area contributed by atoms with E-state index in [4.69, 9.17) is 0 Å². The lowest BCUT2D eigenvalue weighted by Crippen LogP contribution is -2.33. The number of likely N-dealkylation sites (tertiary alicyclic amines) is 1. The summed E-state index contributed by atoms with van der Waals surface area (Å²) < 4.78 is 0.891. The molecule has 1 saturated carbocycles. The number of benzene rings is 1. The number of aliphatic hydroxyl groups excluding tert-OH is 1. The first kappa shape index (κ1) is 14.0. The molecule has 1 saturated heterocycles. The van der Waals surface area contributed by atoms with E-state index >= 15 is 0 Å². The molecule has 3 atom stereocenters. The molecule has 20 heavy (non-hydrogen) atoms. The third kappa shape index (κ3) is 2.90. The second-order valence-electron chi connectivity index (χ2n) is 5.79. The lowest BCUT2D eigenvalue weighted by atomic mass is 10.00. The highest BCUT2D eigenvalue weighted by Gasteiger charge is 2.41. The smallest absolute Gasteiger partial charge is 0.238 e. The van der Waals surface area contributed by atoms with Crippen LogP contribution in [0.4, 0.5) is 5.69 Å². The van der Waals surface area contributed by atoms with Crippen molar-refractivity contribution in [1.82, 2.24) is 4.90 Å². The third-order valence-electron chi connectivity index (χ3n) is 4.41. The number of para-hydroxylation sites is 1. The van der Waals surface area contributed by atoms with E-state index < -0.39 is 0 Å². The lowest BCUT2D eigenvalue weighted by molar-refractivity contribution is -0.117. The molecular formula is C15H19BrN2O2. The van der Waals surface area contributed by atoms with Crippen LogP contribution in [0.1, 0.15) is 12.8 Å². The molecule has 4 nitrogen and oxygen atoms in total. The van der Waals surface area contributed by atoms with E-state index in [2.05, 4.69) is 26.1 Å². The molecule has 0 radical (unpaired) electrons. The molecule has 3 rings (SSSR count). The molecule has 1 aliphatic carbocycles. The maximum absolute atomic E-state index is 12.1. The van der Waals surface area contributed by atoms with Gasteiger partial charge in [0, 0.05) is 23.5 Å². The number of halogens is 1. The molecule has 2 fully saturated rings. The van der Waals surface area contributed by atoms with Gasteiger partial charge in [0.25, 0.3) is 0 Å². The van der Waals surface area contributed by atoms with Crippen molar-refractivity contribution >= 4 is 27.5 Å². The van der Waals surface area contributed by atoms with Gasteiger partial charge in [-0.3, -0.25) is 9.69 Å². The van der Waals surface area contributed by atoms with Gasteiger partial charge < -0.3 is 10.4 Å². The minimum Gasteiger partial charge on any atom is -0.393 e. The van der Waals surface area contributed by atoms with Crippen LogP contribution in [-0.4, -0.2) is 41.7 Å². The number of nitrogens with zero attached hydrogens (tertiary/aromatic N) is 1. The molecule has 1 aromatic rings. The molecule has 0 spiro atoms. The van der Waals surface area contributed by atoms with Crippen molar-refractivity contribution in [2.24, 2.45) is 11.8 Å². The topological polar surface area (TPSA) is 52.6 Å². The maximum Gasteiger partial charge on any atom is 0.238 e. The van der Waals surface area contributed by atoms with Gasteiger partial charge in [0.15, 0.2) is 0 Å². The molecular weight excluding hydrogens is 320 g/mol. The second-order valence-corrected chi connectivity index (χ2v) is 6.65. The van der Waals surface area contributed by atoms with Crippen molar-refractivity contribution in [2.45, 2.75) is 18.9 Å². The Hall–Kier alpha value is -0.910. The summed E-state index contributed by atoms with van der Waals surface area (Å²) in [4.78, 5) is 14.2. The zero-order chi connectivity index (χ0) is 14.1. The van der Waals surface area contributed by atoms with Gasteiger partial charge in [0.05, 0.1) is 18.3 Å². The van der Waals surface area contributed by atoms with Crippen molar-refractivity contribution in [3.8, 4) is 0 Å².